The Balaban J connectivity index is 3.29. The van der Waals surface area contributed by atoms with E-state index in [0.29, 0.717) is 0 Å². The fraction of sp³-hybridized carbons (Fsp3) is 0.400. The van der Waals surface area contributed by atoms with Crippen molar-refractivity contribution in [3.63, 3.8) is 0 Å². The van der Waals surface area contributed by atoms with Crippen LogP contribution in [0, 0.1) is 6.92 Å². The van der Waals surface area contributed by atoms with E-state index in [2.05, 4.69) is 0 Å². The van der Waals surface area contributed by atoms with Crippen LogP contribution in [-0.4, -0.2) is 6.67 Å². The second kappa shape index (κ2) is 3.99. The summed E-state index contributed by atoms with van der Waals surface area (Å²) in [5.41, 5.74) is -2.31. The van der Waals surface area contributed by atoms with Crippen LogP contribution in [0.2, 0.25) is 0 Å². The molecule has 1 aromatic rings. The molecule has 0 aliphatic heterocycles. The first kappa shape index (κ1) is 12.9. The number of hydrogen-bond acceptors (Lipinski definition) is 0. The highest BCUT2D eigenvalue weighted by Gasteiger charge is 2.37. The summed E-state index contributed by atoms with van der Waals surface area (Å²) in [5.74, 6) is -3.88. The molecule has 16 heavy (non-hydrogen) atoms. The van der Waals surface area contributed by atoms with E-state index >= 15 is 0 Å². The molecule has 0 N–H and O–H groups in total. The monoisotopic (exact) mass is 242 g/mol. The van der Waals surface area contributed by atoms with Crippen molar-refractivity contribution >= 4 is 0 Å². The minimum Gasteiger partial charge on any atom is -0.244 e. The van der Waals surface area contributed by atoms with Gasteiger partial charge < -0.3 is 0 Å². The van der Waals surface area contributed by atoms with Gasteiger partial charge in [0.1, 0.15) is 0 Å². The predicted molar refractivity (Wildman–Crippen MR) is 46.1 cm³/mol. The van der Waals surface area contributed by atoms with Gasteiger partial charge in [-0.15, -0.1) is 0 Å². The maximum atomic E-state index is 12.8. The standard InChI is InChI=1S/C10H8F6/c1-6-2-3-7(9(12,13)5-11)4-8(6)10(14,15)16/h2-4H,5H2,1H3. The van der Waals surface area contributed by atoms with Crippen LogP contribution < -0.4 is 0 Å². The fourth-order valence-corrected chi connectivity index (χ4v) is 1.23. The molecule has 0 spiro atoms. The van der Waals surface area contributed by atoms with Crippen molar-refractivity contribution < 1.29 is 26.3 Å². The molecule has 0 aromatic heterocycles. The summed E-state index contributed by atoms with van der Waals surface area (Å²) in [6, 6.07) is 1.99. The van der Waals surface area contributed by atoms with E-state index in [9.17, 15) is 26.3 Å². The molecule has 0 radical (unpaired) electrons. The quantitative estimate of drug-likeness (QED) is 0.685. The number of rotatable bonds is 2. The molecule has 0 heterocycles. The maximum absolute atomic E-state index is 12.8. The van der Waals surface area contributed by atoms with Crippen molar-refractivity contribution in [2.75, 3.05) is 6.67 Å². The summed E-state index contributed by atoms with van der Waals surface area (Å²) in [4.78, 5) is 0. The SMILES string of the molecule is Cc1ccc(C(F)(F)CF)cc1C(F)(F)F. The smallest absolute Gasteiger partial charge is 0.244 e. The van der Waals surface area contributed by atoms with Gasteiger partial charge in [0.05, 0.1) is 5.56 Å². The lowest BCUT2D eigenvalue weighted by Crippen LogP contribution is -2.18. The molecule has 0 saturated carbocycles. The van der Waals surface area contributed by atoms with Crippen LogP contribution in [0.5, 0.6) is 0 Å². The third kappa shape index (κ3) is 2.48. The van der Waals surface area contributed by atoms with E-state index in [1.807, 2.05) is 0 Å². The Morgan fingerprint density at radius 3 is 2.06 bits per heavy atom. The van der Waals surface area contributed by atoms with Gasteiger partial charge in [-0.3, -0.25) is 0 Å². The highest BCUT2D eigenvalue weighted by molar-refractivity contribution is 5.35. The van der Waals surface area contributed by atoms with Crippen LogP contribution in [0.1, 0.15) is 16.7 Å². The topological polar surface area (TPSA) is 0 Å². The molecular weight excluding hydrogens is 234 g/mol. The van der Waals surface area contributed by atoms with Gasteiger partial charge in [0, 0.05) is 5.56 Å². The highest BCUT2D eigenvalue weighted by atomic mass is 19.4. The van der Waals surface area contributed by atoms with Crippen LogP contribution in [-0.2, 0) is 12.1 Å². The molecule has 0 nitrogen and oxygen atoms in total. The molecule has 6 heteroatoms. The summed E-state index contributed by atoms with van der Waals surface area (Å²) in [7, 11) is 0. The average molecular weight is 242 g/mol. The van der Waals surface area contributed by atoms with E-state index in [1.165, 1.54) is 0 Å². The summed E-state index contributed by atoms with van der Waals surface area (Å²) in [6.45, 7) is -0.868. The molecule has 0 fully saturated rings. The van der Waals surface area contributed by atoms with Gasteiger partial charge in [-0.05, 0) is 18.6 Å². The first-order valence-corrected chi connectivity index (χ1v) is 4.30. The summed E-state index contributed by atoms with van der Waals surface area (Å²) in [6.07, 6.45) is -4.72. The zero-order valence-corrected chi connectivity index (χ0v) is 8.21. The highest BCUT2D eigenvalue weighted by Crippen LogP contribution is 2.36. The number of alkyl halides is 6. The van der Waals surface area contributed by atoms with E-state index in [0.717, 1.165) is 19.1 Å². The molecule has 0 aliphatic carbocycles. The molecule has 0 bridgehead atoms. The van der Waals surface area contributed by atoms with Crippen molar-refractivity contribution in [1.29, 1.82) is 0 Å². The molecule has 0 amide bonds. The van der Waals surface area contributed by atoms with Crippen LogP contribution in [0.25, 0.3) is 0 Å². The number of benzene rings is 1. The summed E-state index contributed by atoms with van der Waals surface area (Å²) >= 11 is 0. The zero-order valence-electron chi connectivity index (χ0n) is 8.21. The lowest BCUT2D eigenvalue weighted by atomic mass is 10.0. The van der Waals surface area contributed by atoms with Gasteiger partial charge >= 0.3 is 12.1 Å². The van der Waals surface area contributed by atoms with Gasteiger partial charge in [0.15, 0.2) is 6.67 Å². The number of hydrogen-bond donors (Lipinski definition) is 0. The van der Waals surface area contributed by atoms with E-state index in [-0.39, 0.29) is 11.6 Å². The molecule has 0 atom stereocenters. The second-order valence-corrected chi connectivity index (χ2v) is 3.37. The molecular formula is C10H8F6. The minimum atomic E-state index is -4.72. The predicted octanol–water partition coefficient (Wildman–Crippen LogP) is 4.08. The fourth-order valence-electron chi connectivity index (χ4n) is 1.23. The molecule has 0 unspecified atom stereocenters. The van der Waals surface area contributed by atoms with Crippen molar-refractivity contribution in [2.45, 2.75) is 19.0 Å². The Labute approximate surface area is 87.9 Å². The Hall–Kier alpha value is -1.20. The zero-order chi connectivity index (χ0) is 12.6. The molecule has 0 aliphatic rings. The van der Waals surface area contributed by atoms with Crippen molar-refractivity contribution in [3.8, 4) is 0 Å². The average Bonchev–Trinajstić information content (AvgIpc) is 2.16. The third-order valence-corrected chi connectivity index (χ3v) is 2.13. The van der Waals surface area contributed by atoms with E-state index in [1.54, 1.807) is 0 Å². The van der Waals surface area contributed by atoms with Gasteiger partial charge in [0.25, 0.3) is 0 Å². The van der Waals surface area contributed by atoms with Gasteiger partial charge in [-0.1, -0.05) is 12.1 Å². The van der Waals surface area contributed by atoms with E-state index in [4.69, 9.17) is 0 Å². The minimum absolute atomic E-state index is 0.175. The molecule has 1 rings (SSSR count). The first-order valence-electron chi connectivity index (χ1n) is 4.30. The number of halogens is 6. The largest absolute Gasteiger partial charge is 0.416 e. The summed E-state index contributed by atoms with van der Waals surface area (Å²) in [5, 5.41) is 0. The van der Waals surface area contributed by atoms with Crippen LogP contribution in [0.3, 0.4) is 0 Å². The Morgan fingerprint density at radius 1 is 1.06 bits per heavy atom. The summed E-state index contributed by atoms with van der Waals surface area (Å²) < 4.78 is 74.8. The molecule has 0 saturated heterocycles. The molecule has 1 aromatic carbocycles. The Morgan fingerprint density at radius 2 is 1.62 bits per heavy atom. The van der Waals surface area contributed by atoms with Crippen LogP contribution >= 0.6 is 0 Å². The first-order chi connectivity index (χ1) is 7.18. The van der Waals surface area contributed by atoms with Gasteiger partial charge in [-0.2, -0.15) is 22.0 Å². The van der Waals surface area contributed by atoms with Crippen molar-refractivity contribution in [2.24, 2.45) is 0 Å². The molecule has 90 valence electrons. The third-order valence-electron chi connectivity index (χ3n) is 2.13. The van der Waals surface area contributed by atoms with Crippen molar-refractivity contribution in [3.05, 3.63) is 34.9 Å². The Kier molecular flexibility index (Phi) is 3.21. The Bertz CT molecular complexity index is 379. The lowest BCUT2D eigenvalue weighted by molar-refractivity contribution is -0.138. The second-order valence-electron chi connectivity index (χ2n) is 3.37. The van der Waals surface area contributed by atoms with Gasteiger partial charge in [0.2, 0.25) is 0 Å². The van der Waals surface area contributed by atoms with Crippen LogP contribution in [0.4, 0.5) is 26.3 Å². The number of aryl methyl sites for hydroxylation is 1. The van der Waals surface area contributed by atoms with Crippen LogP contribution in [0.15, 0.2) is 18.2 Å². The lowest BCUT2D eigenvalue weighted by Gasteiger charge is -2.16. The normalized spacial score (nSPS) is 12.9. The van der Waals surface area contributed by atoms with E-state index < -0.39 is 29.9 Å². The van der Waals surface area contributed by atoms with Gasteiger partial charge in [-0.25, -0.2) is 4.39 Å². The van der Waals surface area contributed by atoms with Crippen molar-refractivity contribution in [1.82, 2.24) is 0 Å². The maximum Gasteiger partial charge on any atom is 0.416 e.